The molecule has 0 spiro atoms. The second kappa shape index (κ2) is 8.15. The van der Waals surface area contributed by atoms with E-state index in [0.717, 1.165) is 18.6 Å². The van der Waals surface area contributed by atoms with Gasteiger partial charge in [0.2, 0.25) is 0 Å². The Hall–Kier alpha value is -1.02. The van der Waals surface area contributed by atoms with Crippen LogP contribution in [-0.4, -0.2) is 18.8 Å². The maximum absolute atomic E-state index is 9.50. The summed E-state index contributed by atoms with van der Waals surface area (Å²) in [6.07, 6.45) is 4.50. The van der Waals surface area contributed by atoms with E-state index < -0.39 is 0 Å². The van der Waals surface area contributed by atoms with Crippen molar-refractivity contribution in [1.29, 1.82) is 0 Å². The summed E-state index contributed by atoms with van der Waals surface area (Å²) >= 11 is 0. The smallest absolute Gasteiger partial charge is 0.119 e. The molecule has 2 atom stereocenters. The van der Waals surface area contributed by atoms with E-state index in [9.17, 15) is 5.11 Å². The second-order valence-corrected chi connectivity index (χ2v) is 5.23. The van der Waals surface area contributed by atoms with Crippen LogP contribution >= 0.6 is 0 Å². The molecule has 2 nitrogen and oxygen atoms in total. The standard InChI is InChI=1S/C16H26O2/c1-4-6-13(2)9-15(12-17)10-14-7-5-8-16(11-14)18-3/h5,7-8,11,13,15,17H,4,6,9-10,12H2,1-3H3. The predicted octanol–water partition coefficient (Wildman–Crippen LogP) is 3.67. The van der Waals surface area contributed by atoms with Crippen LogP contribution < -0.4 is 4.74 Å². The van der Waals surface area contributed by atoms with Gasteiger partial charge in [0, 0.05) is 6.61 Å². The third-order valence-corrected chi connectivity index (χ3v) is 3.43. The summed E-state index contributed by atoms with van der Waals surface area (Å²) < 4.78 is 5.23. The summed E-state index contributed by atoms with van der Waals surface area (Å²) in [6.45, 7) is 4.76. The lowest BCUT2D eigenvalue weighted by atomic mass is 9.89. The summed E-state index contributed by atoms with van der Waals surface area (Å²) in [5, 5.41) is 9.50. The van der Waals surface area contributed by atoms with E-state index >= 15 is 0 Å². The van der Waals surface area contributed by atoms with Crippen molar-refractivity contribution in [2.24, 2.45) is 11.8 Å². The quantitative estimate of drug-likeness (QED) is 0.762. The maximum atomic E-state index is 9.50. The lowest BCUT2D eigenvalue weighted by Gasteiger charge is -2.19. The van der Waals surface area contributed by atoms with Crippen molar-refractivity contribution < 1.29 is 9.84 Å². The zero-order chi connectivity index (χ0) is 13.4. The monoisotopic (exact) mass is 250 g/mol. The molecule has 1 aromatic rings. The first-order chi connectivity index (χ1) is 8.69. The van der Waals surface area contributed by atoms with E-state index in [0.29, 0.717) is 11.8 Å². The normalized spacial score (nSPS) is 14.2. The Bertz CT molecular complexity index is 336. The van der Waals surface area contributed by atoms with E-state index in [-0.39, 0.29) is 6.61 Å². The number of methoxy groups -OCH3 is 1. The molecular formula is C16H26O2. The molecule has 0 amide bonds. The molecule has 0 fully saturated rings. The van der Waals surface area contributed by atoms with Gasteiger partial charge in [0.05, 0.1) is 7.11 Å². The van der Waals surface area contributed by atoms with Gasteiger partial charge in [-0.3, -0.25) is 0 Å². The zero-order valence-electron chi connectivity index (χ0n) is 11.9. The van der Waals surface area contributed by atoms with Crippen LogP contribution in [0.15, 0.2) is 24.3 Å². The van der Waals surface area contributed by atoms with Crippen molar-refractivity contribution in [2.75, 3.05) is 13.7 Å². The Morgan fingerprint density at radius 1 is 1.33 bits per heavy atom. The van der Waals surface area contributed by atoms with Crippen LogP contribution in [0.2, 0.25) is 0 Å². The Kier molecular flexibility index (Phi) is 6.81. The Balaban J connectivity index is 2.56. The van der Waals surface area contributed by atoms with Crippen LogP contribution in [-0.2, 0) is 6.42 Å². The van der Waals surface area contributed by atoms with Crippen molar-refractivity contribution in [3.63, 3.8) is 0 Å². The van der Waals surface area contributed by atoms with E-state index in [1.165, 1.54) is 18.4 Å². The highest BCUT2D eigenvalue weighted by Gasteiger charge is 2.13. The fraction of sp³-hybridized carbons (Fsp3) is 0.625. The van der Waals surface area contributed by atoms with Gasteiger partial charge in [-0.05, 0) is 42.4 Å². The SMILES string of the molecule is CCCC(C)CC(CO)Cc1cccc(OC)c1. The average molecular weight is 250 g/mol. The fourth-order valence-corrected chi connectivity index (χ4v) is 2.53. The molecule has 1 aromatic carbocycles. The van der Waals surface area contributed by atoms with Crippen LogP contribution in [0.25, 0.3) is 0 Å². The molecule has 0 aliphatic carbocycles. The molecule has 18 heavy (non-hydrogen) atoms. The number of aliphatic hydroxyl groups is 1. The van der Waals surface area contributed by atoms with Crippen molar-refractivity contribution in [3.8, 4) is 5.75 Å². The summed E-state index contributed by atoms with van der Waals surface area (Å²) in [7, 11) is 1.69. The Morgan fingerprint density at radius 3 is 2.72 bits per heavy atom. The molecule has 1 rings (SSSR count). The highest BCUT2D eigenvalue weighted by molar-refractivity contribution is 5.28. The van der Waals surface area contributed by atoms with E-state index in [2.05, 4.69) is 26.0 Å². The first kappa shape index (κ1) is 15.0. The van der Waals surface area contributed by atoms with Crippen molar-refractivity contribution in [2.45, 2.75) is 39.5 Å². The van der Waals surface area contributed by atoms with Crippen molar-refractivity contribution >= 4 is 0 Å². The van der Waals surface area contributed by atoms with Gasteiger partial charge in [-0.2, -0.15) is 0 Å². The summed E-state index contributed by atoms with van der Waals surface area (Å²) in [5.41, 5.74) is 1.25. The zero-order valence-corrected chi connectivity index (χ0v) is 11.9. The lowest BCUT2D eigenvalue weighted by Crippen LogP contribution is -2.13. The minimum atomic E-state index is 0.269. The Morgan fingerprint density at radius 2 is 2.11 bits per heavy atom. The van der Waals surface area contributed by atoms with Crippen LogP contribution in [0.1, 0.15) is 38.7 Å². The third-order valence-electron chi connectivity index (χ3n) is 3.43. The summed E-state index contributed by atoms with van der Waals surface area (Å²) in [4.78, 5) is 0. The molecular weight excluding hydrogens is 224 g/mol. The molecule has 2 unspecified atom stereocenters. The maximum Gasteiger partial charge on any atom is 0.119 e. The number of ether oxygens (including phenoxy) is 1. The number of aliphatic hydroxyl groups excluding tert-OH is 1. The predicted molar refractivity (Wildman–Crippen MR) is 76.0 cm³/mol. The first-order valence-corrected chi connectivity index (χ1v) is 6.93. The second-order valence-electron chi connectivity index (χ2n) is 5.23. The van der Waals surface area contributed by atoms with E-state index in [1.54, 1.807) is 7.11 Å². The van der Waals surface area contributed by atoms with Crippen LogP contribution in [0.4, 0.5) is 0 Å². The van der Waals surface area contributed by atoms with Gasteiger partial charge in [-0.1, -0.05) is 38.8 Å². The molecule has 2 heteroatoms. The van der Waals surface area contributed by atoms with Crippen molar-refractivity contribution in [1.82, 2.24) is 0 Å². The van der Waals surface area contributed by atoms with Crippen LogP contribution in [0.3, 0.4) is 0 Å². The third kappa shape index (κ3) is 5.09. The largest absolute Gasteiger partial charge is 0.497 e. The fourth-order valence-electron chi connectivity index (χ4n) is 2.53. The molecule has 0 heterocycles. The number of benzene rings is 1. The molecule has 0 aromatic heterocycles. The van der Waals surface area contributed by atoms with Gasteiger partial charge in [0.1, 0.15) is 5.75 Å². The minimum Gasteiger partial charge on any atom is -0.497 e. The highest BCUT2D eigenvalue weighted by Crippen LogP contribution is 2.22. The van der Waals surface area contributed by atoms with Gasteiger partial charge in [0.15, 0.2) is 0 Å². The number of rotatable bonds is 8. The molecule has 0 aliphatic rings. The molecule has 0 saturated heterocycles. The van der Waals surface area contributed by atoms with Crippen LogP contribution in [0, 0.1) is 11.8 Å². The van der Waals surface area contributed by atoms with Crippen molar-refractivity contribution in [3.05, 3.63) is 29.8 Å². The van der Waals surface area contributed by atoms with E-state index in [1.807, 2.05) is 12.1 Å². The van der Waals surface area contributed by atoms with E-state index in [4.69, 9.17) is 4.74 Å². The van der Waals surface area contributed by atoms with Gasteiger partial charge >= 0.3 is 0 Å². The number of hydrogen-bond acceptors (Lipinski definition) is 2. The van der Waals surface area contributed by atoms with Gasteiger partial charge < -0.3 is 9.84 Å². The van der Waals surface area contributed by atoms with Gasteiger partial charge in [0.25, 0.3) is 0 Å². The summed E-state index contributed by atoms with van der Waals surface area (Å²) in [6, 6.07) is 8.14. The molecule has 0 saturated carbocycles. The molecule has 1 N–H and O–H groups in total. The highest BCUT2D eigenvalue weighted by atomic mass is 16.5. The van der Waals surface area contributed by atoms with Crippen LogP contribution in [0.5, 0.6) is 5.75 Å². The van der Waals surface area contributed by atoms with Gasteiger partial charge in [-0.15, -0.1) is 0 Å². The Labute approximate surface area is 111 Å². The molecule has 0 bridgehead atoms. The first-order valence-electron chi connectivity index (χ1n) is 6.93. The molecule has 0 radical (unpaired) electrons. The minimum absolute atomic E-state index is 0.269. The topological polar surface area (TPSA) is 29.5 Å². The average Bonchev–Trinajstić information content (AvgIpc) is 2.38. The summed E-state index contributed by atoms with van der Waals surface area (Å²) in [5.74, 6) is 1.95. The molecule has 0 aliphatic heterocycles. The molecule has 102 valence electrons. The van der Waals surface area contributed by atoms with Gasteiger partial charge in [-0.25, -0.2) is 0 Å². The lowest BCUT2D eigenvalue weighted by molar-refractivity contribution is 0.200. The number of hydrogen-bond donors (Lipinski definition) is 1.